The predicted molar refractivity (Wildman–Crippen MR) is 146 cm³/mol. The van der Waals surface area contributed by atoms with Gasteiger partial charge in [-0.25, -0.2) is 4.98 Å². The Morgan fingerprint density at radius 3 is 2.62 bits per heavy atom. The second kappa shape index (κ2) is 10.8. The number of aryl methyl sites for hydroxylation is 2. The number of imidazole rings is 1. The van der Waals surface area contributed by atoms with Crippen LogP contribution >= 0.6 is 0 Å². The fourth-order valence-electron chi connectivity index (χ4n) is 5.27. The molecular weight excluding hydrogens is 503 g/mol. The van der Waals surface area contributed by atoms with Crippen molar-refractivity contribution in [2.75, 3.05) is 18.1 Å². The molecule has 1 atom stereocenters. The SMILES string of the molecule is Cc1ccc(C(C)C)c(OCCCn2c(C3CC(=O)N(c4cccc(C(F)(F)F)c4)C3)nc3ccccc32)c1. The van der Waals surface area contributed by atoms with Gasteiger partial charge in [-0.15, -0.1) is 0 Å². The minimum Gasteiger partial charge on any atom is -0.493 e. The first-order valence-electron chi connectivity index (χ1n) is 13.3. The molecule has 1 unspecified atom stereocenters. The van der Waals surface area contributed by atoms with E-state index < -0.39 is 11.7 Å². The van der Waals surface area contributed by atoms with E-state index in [9.17, 15) is 18.0 Å². The number of para-hydroxylation sites is 2. The summed E-state index contributed by atoms with van der Waals surface area (Å²) in [7, 11) is 0. The average molecular weight is 536 g/mol. The van der Waals surface area contributed by atoms with Gasteiger partial charge in [0.1, 0.15) is 11.6 Å². The molecular formula is C31H32F3N3O2. The van der Waals surface area contributed by atoms with Crippen molar-refractivity contribution in [1.29, 1.82) is 0 Å². The molecule has 0 saturated carbocycles. The summed E-state index contributed by atoms with van der Waals surface area (Å²) in [4.78, 5) is 19.3. The normalized spacial score (nSPS) is 16.0. The van der Waals surface area contributed by atoms with Crippen molar-refractivity contribution >= 4 is 22.6 Å². The maximum absolute atomic E-state index is 13.3. The Morgan fingerprint density at radius 1 is 1.05 bits per heavy atom. The predicted octanol–water partition coefficient (Wildman–Crippen LogP) is 7.48. The van der Waals surface area contributed by atoms with Crippen LogP contribution < -0.4 is 9.64 Å². The van der Waals surface area contributed by atoms with Gasteiger partial charge in [0.25, 0.3) is 0 Å². The molecule has 1 saturated heterocycles. The van der Waals surface area contributed by atoms with Gasteiger partial charge in [0.2, 0.25) is 5.91 Å². The summed E-state index contributed by atoms with van der Waals surface area (Å²) in [6, 6.07) is 19.0. The summed E-state index contributed by atoms with van der Waals surface area (Å²) < 4.78 is 48.2. The van der Waals surface area contributed by atoms with Crippen LogP contribution in [0.15, 0.2) is 66.7 Å². The number of fused-ring (bicyclic) bond motifs is 1. The highest BCUT2D eigenvalue weighted by molar-refractivity contribution is 5.96. The van der Waals surface area contributed by atoms with Crippen LogP contribution in [0.4, 0.5) is 18.9 Å². The van der Waals surface area contributed by atoms with Crippen molar-refractivity contribution in [1.82, 2.24) is 9.55 Å². The highest BCUT2D eigenvalue weighted by atomic mass is 19.4. The second-order valence-electron chi connectivity index (χ2n) is 10.5. The second-order valence-corrected chi connectivity index (χ2v) is 10.5. The fourth-order valence-corrected chi connectivity index (χ4v) is 5.27. The summed E-state index contributed by atoms with van der Waals surface area (Å²) in [5.74, 6) is 1.59. The molecule has 8 heteroatoms. The van der Waals surface area contributed by atoms with Gasteiger partial charge in [-0.05, 0) is 66.8 Å². The number of ether oxygens (including phenoxy) is 1. The molecule has 0 N–H and O–H groups in total. The Balaban J connectivity index is 1.35. The number of alkyl halides is 3. The van der Waals surface area contributed by atoms with Crippen LogP contribution in [0.1, 0.15) is 61.0 Å². The summed E-state index contributed by atoms with van der Waals surface area (Å²) in [5.41, 5.74) is 3.61. The molecule has 0 radical (unpaired) electrons. The van der Waals surface area contributed by atoms with E-state index in [0.29, 0.717) is 19.1 Å². The molecule has 3 aromatic carbocycles. The number of anilines is 1. The largest absolute Gasteiger partial charge is 0.493 e. The zero-order valence-corrected chi connectivity index (χ0v) is 22.3. The highest BCUT2D eigenvalue weighted by Crippen LogP contribution is 2.36. The Labute approximate surface area is 226 Å². The molecule has 1 amide bonds. The van der Waals surface area contributed by atoms with Crippen molar-refractivity contribution in [3.63, 3.8) is 0 Å². The van der Waals surface area contributed by atoms with E-state index in [-0.39, 0.29) is 30.5 Å². The van der Waals surface area contributed by atoms with Crippen molar-refractivity contribution in [3.8, 4) is 5.75 Å². The number of hydrogen-bond acceptors (Lipinski definition) is 3. The lowest BCUT2D eigenvalue weighted by Crippen LogP contribution is -2.25. The molecule has 1 aliphatic heterocycles. The Morgan fingerprint density at radius 2 is 1.85 bits per heavy atom. The number of carbonyl (C=O) groups excluding carboxylic acids is 1. The first-order valence-corrected chi connectivity index (χ1v) is 13.3. The molecule has 204 valence electrons. The molecule has 5 nitrogen and oxygen atoms in total. The maximum atomic E-state index is 13.3. The lowest BCUT2D eigenvalue weighted by atomic mass is 10.0. The summed E-state index contributed by atoms with van der Waals surface area (Å²) in [5, 5.41) is 0. The van der Waals surface area contributed by atoms with E-state index in [1.165, 1.54) is 16.5 Å². The molecule has 1 aliphatic rings. The smallest absolute Gasteiger partial charge is 0.416 e. The van der Waals surface area contributed by atoms with Crippen LogP contribution in [0.5, 0.6) is 5.75 Å². The standard InChI is InChI=1S/C31H32F3N3O2/c1-20(2)25-13-12-21(3)16-28(25)39-15-7-14-36-27-11-5-4-10-26(27)35-30(36)22-17-29(38)37(19-22)24-9-6-8-23(18-24)31(32,33)34/h4-6,8-13,16,18,20,22H,7,14-15,17,19H2,1-3H3. The van der Waals surface area contributed by atoms with Crippen LogP contribution in [0, 0.1) is 6.92 Å². The molecule has 1 fully saturated rings. The van der Waals surface area contributed by atoms with Crippen molar-refractivity contribution < 1.29 is 22.7 Å². The number of halogens is 3. The van der Waals surface area contributed by atoms with Crippen LogP contribution in [-0.2, 0) is 17.5 Å². The first-order chi connectivity index (χ1) is 18.6. The molecule has 0 aliphatic carbocycles. The summed E-state index contributed by atoms with van der Waals surface area (Å²) >= 11 is 0. The van der Waals surface area contributed by atoms with E-state index in [1.54, 1.807) is 6.07 Å². The fraction of sp³-hybridized carbons (Fsp3) is 0.355. The average Bonchev–Trinajstić information content (AvgIpc) is 3.46. The van der Waals surface area contributed by atoms with Gasteiger partial charge >= 0.3 is 6.18 Å². The third-order valence-electron chi connectivity index (χ3n) is 7.23. The van der Waals surface area contributed by atoms with E-state index in [0.717, 1.165) is 46.7 Å². The van der Waals surface area contributed by atoms with E-state index in [4.69, 9.17) is 9.72 Å². The molecule has 1 aromatic heterocycles. The minimum absolute atomic E-state index is 0.192. The van der Waals surface area contributed by atoms with Gasteiger partial charge in [-0.2, -0.15) is 13.2 Å². The van der Waals surface area contributed by atoms with Crippen molar-refractivity contribution in [2.24, 2.45) is 0 Å². The van der Waals surface area contributed by atoms with Crippen LogP contribution in [-0.4, -0.2) is 28.6 Å². The van der Waals surface area contributed by atoms with Crippen molar-refractivity contribution in [2.45, 2.75) is 58.2 Å². The third-order valence-corrected chi connectivity index (χ3v) is 7.23. The number of nitrogens with zero attached hydrogens (tertiary/aromatic N) is 3. The van der Waals surface area contributed by atoms with E-state index in [1.807, 2.05) is 31.2 Å². The van der Waals surface area contributed by atoms with Gasteiger partial charge in [0.15, 0.2) is 0 Å². The van der Waals surface area contributed by atoms with Gasteiger partial charge in [0.05, 0.1) is 23.2 Å². The number of carbonyl (C=O) groups is 1. The maximum Gasteiger partial charge on any atom is 0.416 e. The van der Waals surface area contributed by atoms with Crippen LogP contribution in [0.3, 0.4) is 0 Å². The quantitative estimate of drug-likeness (QED) is 0.220. The molecule has 2 heterocycles. The van der Waals surface area contributed by atoms with Crippen molar-refractivity contribution in [3.05, 3.63) is 89.2 Å². The number of aromatic nitrogens is 2. The topological polar surface area (TPSA) is 47.4 Å². The first kappa shape index (κ1) is 26.8. The highest BCUT2D eigenvalue weighted by Gasteiger charge is 2.36. The Bertz CT molecular complexity index is 1490. The van der Waals surface area contributed by atoms with Crippen LogP contribution in [0.25, 0.3) is 11.0 Å². The third kappa shape index (κ3) is 5.65. The molecule has 4 aromatic rings. The van der Waals surface area contributed by atoms with Gasteiger partial charge in [-0.3, -0.25) is 4.79 Å². The molecule has 0 bridgehead atoms. The zero-order valence-electron chi connectivity index (χ0n) is 22.3. The minimum atomic E-state index is -4.47. The van der Waals surface area contributed by atoms with E-state index in [2.05, 4.69) is 36.6 Å². The number of hydrogen-bond donors (Lipinski definition) is 0. The zero-order chi connectivity index (χ0) is 27.7. The molecule has 0 spiro atoms. The Hall–Kier alpha value is -3.81. The molecule has 5 rings (SSSR count). The Kier molecular flexibility index (Phi) is 7.38. The van der Waals surface area contributed by atoms with Gasteiger partial charge < -0.3 is 14.2 Å². The summed E-state index contributed by atoms with van der Waals surface area (Å²) in [6.45, 7) is 7.79. The van der Waals surface area contributed by atoms with Gasteiger partial charge in [-0.1, -0.05) is 44.2 Å². The number of benzene rings is 3. The van der Waals surface area contributed by atoms with Crippen LogP contribution in [0.2, 0.25) is 0 Å². The van der Waals surface area contributed by atoms with Gasteiger partial charge in [0, 0.05) is 31.1 Å². The lowest BCUT2D eigenvalue weighted by Gasteiger charge is -2.19. The monoisotopic (exact) mass is 535 g/mol. The molecule has 39 heavy (non-hydrogen) atoms. The number of rotatable bonds is 8. The number of amides is 1. The summed E-state index contributed by atoms with van der Waals surface area (Å²) in [6.07, 6.45) is -3.55. The van der Waals surface area contributed by atoms with E-state index >= 15 is 0 Å². The lowest BCUT2D eigenvalue weighted by molar-refractivity contribution is -0.137.